The minimum absolute atomic E-state index is 0.267. The van der Waals surface area contributed by atoms with Crippen molar-refractivity contribution in [3.8, 4) is 11.5 Å². The summed E-state index contributed by atoms with van der Waals surface area (Å²) in [6.07, 6.45) is 4.95. The highest BCUT2D eigenvalue weighted by Crippen LogP contribution is 2.34. The Balaban J connectivity index is 1.71. The number of hydrogen-bond donors (Lipinski definition) is 1. The monoisotopic (exact) mass is 456 g/mol. The van der Waals surface area contributed by atoms with E-state index in [1.807, 2.05) is 24.3 Å². The molecule has 31 heavy (non-hydrogen) atoms. The van der Waals surface area contributed by atoms with Gasteiger partial charge in [-0.3, -0.25) is 15.0 Å². The normalized spacial score (nSPS) is 14.8. The Hall–Kier alpha value is -2.84. The molecule has 0 aromatic heterocycles. The molecule has 6 nitrogen and oxygen atoms in total. The van der Waals surface area contributed by atoms with Crippen LogP contribution >= 0.6 is 24.0 Å². The third-order valence-corrected chi connectivity index (χ3v) is 5.84. The van der Waals surface area contributed by atoms with Crippen molar-refractivity contribution in [3.05, 3.63) is 64.6 Å². The van der Waals surface area contributed by atoms with E-state index < -0.39 is 5.91 Å². The molecule has 1 heterocycles. The average molecular weight is 457 g/mol. The van der Waals surface area contributed by atoms with Crippen molar-refractivity contribution in [2.45, 2.75) is 26.2 Å². The van der Waals surface area contributed by atoms with Gasteiger partial charge in [0.05, 0.1) is 18.6 Å². The van der Waals surface area contributed by atoms with E-state index in [4.69, 9.17) is 21.7 Å². The van der Waals surface area contributed by atoms with Gasteiger partial charge in [-0.05, 0) is 54.5 Å². The van der Waals surface area contributed by atoms with Gasteiger partial charge in [0.25, 0.3) is 11.8 Å². The Morgan fingerprint density at radius 3 is 2.65 bits per heavy atom. The van der Waals surface area contributed by atoms with Crippen molar-refractivity contribution in [1.29, 1.82) is 0 Å². The molecule has 0 spiro atoms. The van der Waals surface area contributed by atoms with Crippen LogP contribution in [0.4, 0.5) is 0 Å². The quantitative estimate of drug-likeness (QED) is 0.332. The maximum absolute atomic E-state index is 12.8. The molecule has 0 radical (unpaired) electrons. The highest BCUT2D eigenvalue weighted by atomic mass is 32.2. The summed E-state index contributed by atoms with van der Waals surface area (Å²) >= 11 is 6.42. The van der Waals surface area contributed by atoms with Crippen molar-refractivity contribution < 1.29 is 19.1 Å². The summed E-state index contributed by atoms with van der Waals surface area (Å²) in [5.74, 6) is 0.485. The summed E-state index contributed by atoms with van der Waals surface area (Å²) in [6.45, 7) is 2.77. The van der Waals surface area contributed by atoms with Crippen LogP contribution in [-0.2, 0) is 4.79 Å². The van der Waals surface area contributed by atoms with E-state index in [0.29, 0.717) is 28.6 Å². The van der Waals surface area contributed by atoms with Crippen LogP contribution in [0.15, 0.2) is 53.4 Å². The van der Waals surface area contributed by atoms with Gasteiger partial charge >= 0.3 is 0 Å². The fraction of sp³-hybridized carbons (Fsp3) is 0.261. The van der Waals surface area contributed by atoms with Gasteiger partial charge in [-0.15, -0.1) is 0 Å². The number of methoxy groups -OCH3 is 1. The summed E-state index contributed by atoms with van der Waals surface area (Å²) < 4.78 is 11.5. The van der Waals surface area contributed by atoms with Gasteiger partial charge in [0.1, 0.15) is 0 Å². The number of hydrazine groups is 1. The first-order valence-corrected chi connectivity index (χ1v) is 11.2. The maximum Gasteiger partial charge on any atom is 0.285 e. The van der Waals surface area contributed by atoms with E-state index in [0.717, 1.165) is 41.6 Å². The number of rotatable bonds is 9. The third-order valence-electron chi connectivity index (χ3n) is 4.53. The first-order chi connectivity index (χ1) is 15.0. The summed E-state index contributed by atoms with van der Waals surface area (Å²) in [6, 6.07) is 14.1. The van der Waals surface area contributed by atoms with Crippen molar-refractivity contribution in [2.24, 2.45) is 0 Å². The second kappa shape index (κ2) is 11.0. The lowest BCUT2D eigenvalue weighted by Gasteiger charge is -2.15. The number of carbonyl (C=O) groups is 2. The molecule has 162 valence electrons. The van der Waals surface area contributed by atoms with Crippen molar-refractivity contribution in [1.82, 2.24) is 10.4 Å². The predicted octanol–water partition coefficient (Wildman–Crippen LogP) is 4.81. The van der Waals surface area contributed by atoms with Crippen molar-refractivity contribution in [3.63, 3.8) is 0 Å². The number of benzene rings is 2. The number of nitrogens with one attached hydrogen (secondary N) is 1. The molecule has 0 bridgehead atoms. The zero-order chi connectivity index (χ0) is 22.2. The van der Waals surface area contributed by atoms with Crippen LogP contribution in [0.5, 0.6) is 11.5 Å². The third kappa shape index (κ3) is 5.86. The second-order valence-electron chi connectivity index (χ2n) is 6.79. The van der Waals surface area contributed by atoms with Gasteiger partial charge in [-0.2, -0.15) is 5.01 Å². The van der Waals surface area contributed by atoms with Crippen LogP contribution in [-0.4, -0.2) is 34.9 Å². The maximum atomic E-state index is 12.8. The van der Waals surface area contributed by atoms with Gasteiger partial charge in [0.2, 0.25) is 0 Å². The standard InChI is InChI=1S/C23H24N2O4S2/c1-3-4-8-13-29-18-12-11-16(14-19(18)28-2)15-20-22(27)25(23(30)31-20)24-21(26)17-9-6-5-7-10-17/h5-7,9-12,14-15H,3-4,8,13H2,1-2H3,(H,24,26)/b20-15-. The Labute approximate surface area is 191 Å². The molecular weight excluding hydrogens is 432 g/mol. The van der Waals surface area contributed by atoms with Crippen LogP contribution in [0.25, 0.3) is 6.08 Å². The molecule has 3 rings (SSSR count). The highest BCUT2D eigenvalue weighted by molar-refractivity contribution is 8.26. The lowest BCUT2D eigenvalue weighted by Crippen LogP contribution is -2.44. The number of thiocarbonyl (C=S) groups is 1. The fourth-order valence-corrected chi connectivity index (χ4v) is 4.08. The average Bonchev–Trinajstić information content (AvgIpc) is 3.05. The SMILES string of the molecule is CCCCCOc1ccc(/C=C2\SC(=S)N(NC(=O)c3ccccc3)C2=O)cc1OC. The highest BCUT2D eigenvalue weighted by Gasteiger charge is 2.33. The van der Waals surface area contributed by atoms with E-state index in [9.17, 15) is 9.59 Å². The molecule has 0 atom stereocenters. The summed E-state index contributed by atoms with van der Waals surface area (Å²) in [7, 11) is 1.58. The van der Waals surface area contributed by atoms with Crippen LogP contribution in [0.3, 0.4) is 0 Å². The lowest BCUT2D eigenvalue weighted by atomic mass is 10.2. The molecule has 1 fully saturated rings. The zero-order valence-corrected chi connectivity index (χ0v) is 19.1. The molecule has 2 aromatic rings. The number of thioether (sulfide) groups is 1. The van der Waals surface area contributed by atoms with Gasteiger partial charge in [0, 0.05) is 5.56 Å². The number of carbonyl (C=O) groups excluding carboxylic acids is 2. The largest absolute Gasteiger partial charge is 0.493 e. The predicted molar refractivity (Wildman–Crippen MR) is 127 cm³/mol. The molecule has 1 aliphatic heterocycles. The number of ether oxygens (including phenoxy) is 2. The lowest BCUT2D eigenvalue weighted by molar-refractivity contribution is -0.123. The minimum Gasteiger partial charge on any atom is -0.493 e. The van der Waals surface area contributed by atoms with Crippen LogP contribution in [0.1, 0.15) is 42.1 Å². The summed E-state index contributed by atoms with van der Waals surface area (Å²) in [5.41, 5.74) is 3.79. The molecule has 2 aromatic carbocycles. The van der Waals surface area contributed by atoms with Gasteiger partial charge in [-0.25, -0.2) is 0 Å². The van der Waals surface area contributed by atoms with E-state index in [-0.39, 0.29) is 10.2 Å². The number of amides is 2. The second-order valence-corrected chi connectivity index (χ2v) is 8.47. The van der Waals surface area contributed by atoms with Crippen LogP contribution in [0.2, 0.25) is 0 Å². The molecule has 2 amide bonds. The van der Waals surface area contributed by atoms with Gasteiger partial charge in [-0.1, -0.05) is 55.8 Å². The smallest absolute Gasteiger partial charge is 0.285 e. The molecule has 8 heteroatoms. The first-order valence-electron chi connectivity index (χ1n) is 9.98. The molecule has 0 saturated carbocycles. The first kappa shape index (κ1) is 22.8. The van der Waals surface area contributed by atoms with Gasteiger partial charge < -0.3 is 9.47 Å². The fourth-order valence-electron chi connectivity index (χ4n) is 2.90. The minimum atomic E-state index is -0.399. The van der Waals surface area contributed by atoms with Gasteiger partial charge in [0.15, 0.2) is 15.8 Å². The topological polar surface area (TPSA) is 67.9 Å². The Morgan fingerprint density at radius 1 is 1.16 bits per heavy atom. The van der Waals surface area contributed by atoms with Crippen molar-refractivity contribution >= 4 is 46.2 Å². The number of hydrogen-bond acceptors (Lipinski definition) is 6. The van der Waals surface area contributed by atoms with Crippen LogP contribution in [0, 0.1) is 0 Å². The van der Waals surface area contributed by atoms with E-state index >= 15 is 0 Å². The van der Waals surface area contributed by atoms with E-state index in [2.05, 4.69) is 12.3 Å². The molecule has 1 saturated heterocycles. The van der Waals surface area contributed by atoms with Crippen molar-refractivity contribution in [2.75, 3.05) is 13.7 Å². The molecule has 1 N–H and O–H groups in total. The summed E-state index contributed by atoms with van der Waals surface area (Å²) in [4.78, 5) is 25.6. The van der Waals surface area contributed by atoms with Crippen LogP contribution < -0.4 is 14.9 Å². The Kier molecular flexibility index (Phi) is 8.08. The number of unbranched alkanes of at least 4 members (excludes halogenated alkanes) is 2. The molecule has 0 unspecified atom stereocenters. The summed E-state index contributed by atoms with van der Waals surface area (Å²) in [5, 5.41) is 1.10. The molecular formula is C23H24N2O4S2. The molecule has 1 aliphatic rings. The van der Waals surface area contributed by atoms with E-state index in [1.165, 1.54) is 0 Å². The zero-order valence-electron chi connectivity index (χ0n) is 17.4. The number of nitrogens with zero attached hydrogens (tertiary/aromatic N) is 1. The van der Waals surface area contributed by atoms with E-state index in [1.54, 1.807) is 37.5 Å². The Bertz CT molecular complexity index is 992. The Morgan fingerprint density at radius 2 is 1.94 bits per heavy atom. The molecule has 0 aliphatic carbocycles.